The third-order valence-electron chi connectivity index (χ3n) is 4.13. The molecule has 3 heterocycles. The van der Waals surface area contributed by atoms with Gasteiger partial charge >= 0.3 is 0 Å². The van der Waals surface area contributed by atoms with E-state index < -0.39 is 0 Å². The number of carbonyl (C=O) groups excluding carboxylic acids is 1. The summed E-state index contributed by atoms with van der Waals surface area (Å²) in [7, 11) is 0. The number of carbonyl (C=O) groups is 1. The molecule has 8 nitrogen and oxygen atoms in total. The molecule has 1 atom stereocenters. The lowest BCUT2D eigenvalue weighted by Gasteiger charge is -2.32. The minimum Gasteiger partial charge on any atom is -0.367 e. The van der Waals surface area contributed by atoms with Crippen LogP contribution in [0.15, 0.2) is 10.6 Å². The topological polar surface area (TPSA) is 86.3 Å². The normalized spacial score (nSPS) is 18.1. The average Bonchev–Trinajstić information content (AvgIpc) is 3.11. The van der Waals surface area contributed by atoms with Crippen molar-refractivity contribution in [3.05, 3.63) is 29.2 Å². The van der Waals surface area contributed by atoms with Crippen LogP contribution in [0.1, 0.15) is 35.9 Å². The van der Waals surface area contributed by atoms with Crippen LogP contribution in [-0.2, 0) is 22.7 Å². The van der Waals surface area contributed by atoms with Crippen LogP contribution in [0.2, 0.25) is 0 Å². The molecule has 2 aromatic heterocycles. The van der Waals surface area contributed by atoms with Crippen LogP contribution in [-0.4, -0.2) is 49.9 Å². The number of nitrogens with zero attached hydrogens (tertiary/aromatic N) is 5. The first kappa shape index (κ1) is 16.6. The number of aryl methyl sites for hydroxylation is 3. The third-order valence-corrected chi connectivity index (χ3v) is 4.13. The molecule has 0 radical (unpaired) electrons. The molecule has 2 aromatic rings. The van der Waals surface area contributed by atoms with Crippen molar-refractivity contribution in [2.75, 3.05) is 13.1 Å². The Balaban J connectivity index is 1.52. The first-order chi connectivity index (χ1) is 11.5. The fourth-order valence-corrected chi connectivity index (χ4v) is 2.95. The van der Waals surface area contributed by atoms with Gasteiger partial charge in [0.1, 0.15) is 13.2 Å². The van der Waals surface area contributed by atoms with Crippen LogP contribution >= 0.6 is 0 Å². The van der Waals surface area contributed by atoms with Crippen molar-refractivity contribution in [2.24, 2.45) is 0 Å². The largest absolute Gasteiger partial charge is 0.367 e. The van der Waals surface area contributed by atoms with Gasteiger partial charge in [-0.25, -0.2) is 0 Å². The van der Waals surface area contributed by atoms with Crippen LogP contribution in [0.5, 0.6) is 0 Å². The molecular formula is C16H23N5O3. The van der Waals surface area contributed by atoms with E-state index in [0.717, 1.165) is 30.8 Å². The van der Waals surface area contributed by atoms with Crippen molar-refractivity contribution in [2.45, 2.75) is 52.9 Å². The van der Waals surface area contributed by atoms with Gasteiger partial charge in [0, 0.05) is 18.8 Å². The number of likely N-dealkylation sites (tertiary alicyclic amines) is 1. The van der Waals surface area contributed by atoms with Gasteiger partial charge in [0.2, 0.25) is 5.91 Å². The number of aromatic nitrogens is 4. The maximum Gasteiger partial charge on any atom is 0.252 e. The van der Waals surface area contributed by atoms with Crippen molar-refractivity contribution >= 4 is 5.91 Å². The molecule has 24 heavy (non-hydrogen) atoms. The third kappa shape index (κ3) is 4.00. The lowest BCUT2D eigenvalue weighted by molar-refractivity contribution is -0.136. The van der Waals surface area contributed by atoms with E-state index in [1.165, 1.54) is 0 Å². The second-order valence-corrected chi connectivity index (χ2v) is 6.24. The minimum absolute atomic E-state index is 0.00430. The van der Waals surface area contributed by atoms with E-state index in [-0.39, 0.29) is 25.2 Å². The average molecular weight is 333 g/mol. The highest BCUT2D eigenvalue weighted by atomic mass is 16.5. The lowest BCUT2D eigenvalue weighted by atomic mass is 10.1. The van der Waals surface area contributed by atoms with Gasteiger partial charge in [0.25, 0.3) is 5.89 Å². The van der Waals surface area contributed by atoms with Gasteiger partial charge < -0.3 is 14.2 Å². The number of rotatable bonds is 5. The first-order valence-corrected chi connectivity index (χ1v) is 8.21. The zero-order valence-electron chi connectivity index (χ0n) is 14.4. The Labute approximate surface area is 140 Å². The van der Waals surface area contributed by atoms with Crippen LogP contribution in [0.3, 0.4) is 0 Å². The molecule has 0 N–H and O–H groups in total. The van der Waals surface area contributed by atoms with Crippen LogP contribution in [0, 0.1) is 20.8 Å². The molecule has 8 heteroatoms. The predicted octanol–water partition coefficient (Wildman–Crippen LogP) is 1.40. The van der Waals surface area contributed by atoms with Crippen LogP contribution in [0.4, 0.5) is 0 Å². The molecule has 1 aliphatic rings. The minimum atomic E-state index is -0.00430. The predicted molar refractivity (Wildman–Crippen MR) is 85.1 cm³/mol. The molecule has 1 saturated heterocycles. The molecule has 1 amide bonds. The fraction of sp³-hybridized carbons (Fsp3) is 0.625. The van der Waals surface area contributed by atoms with E-state index >= 15 is 0 Å². The summed E-state index contributed by atoms with van der Waals surface area (Å²) in [6.45, 7) is 7.57. The Morgan fingerprint density at radius 3 is 2.92 bits per heavy atom. The summed E-state index contributed by atoms with van der Waals surface area (Å²) in [4.78, 5) is 18.5. The highest BCUT2D eigenvalue weighted by molar-refractivity contribution is 5.76. The quantitative estimate of drug-likeness (QED) is 0.822. The van der Waals surface area contributed by atoms with Gasteiger partial charge in [-0.1, -0.05) is 5.16 Å². The Morgan fingerprint density at radius 2 is 2.25 bits per heavy atom. The van der Waals surface area contributed by atoms with Crippen LogP contribution in [0.25, 0.3) is 0 Å². The monoisotopic (exact) mass is 333 g/mol. The van der Waals surface area contributed by atoms with E-state index in [2.05, 4.69) is 15.2 Å². The first-order valence-electron chi connectivity index (χ1n) is 8.21. The maximum absolute atomic E-state index is 12.5. The molecule has 0 bridgehead atoms. The number of amides is 1. The Kier molecular flexibility index (Phi) is 4.94. The molecule has 1 aliphatic heterocycles. The standard InChI is InChI=1S/C16H23N5O3/c1-11-7-12(2)21(18-11)9-16(22)20-6-4-5-14(8-20)23-10-15-17-13(3)19-24-15/h7,14H,4-6,8-10H2,1-3H3/t14-/m0/s1. The smallest absolute Gasteiger partial charge is 0.252 e. The van der Waals surface area contributed by atoms with Gasteiger partial charge in [0.15, 0.2) is 5.82 Å². The van der Waals surface area contributed by atoms with Gasteiger partial charge in [-0.05, 0) is 39.7 Å². The van der Waals surface area contributed by atoms with E-state index in [4.69, 9.17) is 9.26 Å². The molecule has 0 spiro atoms. The highest BCUT2D eigenvalue weighted by Gasteiger charge is 2.25. The second-order valence-electron chi connectivity index (χ2n) is 6.24. The summed E-state index contributed by atoms with van der Waals surface area (Å²) in [6, 6.07) is 1.97. The summed E-state index contributed by atoms with van der Waals surface area (Å²) in [5.74, 6) is 1.14. The summed E-state index contributed by atoms with van der Waals surface area (Å²) in [5, 5.41) is 8.09. The molecule has 0 unspecified atom stereocenters. The van der Waals surface area contributed by atoms with E-state index in [9.17, 15) is 4.79 Å². The zero-order valence-corrected chi connectivity index (χ0v) is 14.4. The van der Waals surface area contributed by atoms with Crippen molar-refractivity contribution in [1.82, 2.24) is 24.8 Å². The van der Waals surface area contributed by atoms with Crippen molar-refractivity contribution in [3.63, 3.8) is 0 Å². The Hall–Kier alpha value is -2.22. The van der Waals surface area contributed by atoms with Gasteiger partial charge in [-0.2, -0.15) is 10.1 Å². The molecule has 0 aromatic carbocycles. The molecule has 3 rings (SSSR count). The zero-order chi connectivity index (χ0) is 17.1. The van der Waals surface area contributed by atoms with Crippen molar-refractivity contribution in [3.8, 4) is 0 Å². The van der Waals surface area contributed by atoms with Gasteiger partial charge in [-0.3, -0.25) is 9.48 Å². The Morgan fingerprint density at radius 1 is 1.42 bits per heavy atom. The highest BCUT2D eigenvalue weighted by Crippen LogP contribution is 2.16. The SMILES string of the molecule is Cc1cc(C)n(CC(=O)N2CCC[C@H](OCc3nc(C)no3)C2)n1. The number of hydrogen-bond acceptors (Lipinski definition) is 6. The maximum atomic E-state index is 12.5. The van der Waals surface area contributed by atoms with E-state index in [1.54, 1.807) is 11.6 Å². The lowest BCUT2D eigenvalue weighted by Crippen LogP contribution is -2.44. The summed E-state index contributed by atoms with van der Waals surface area (Å²) in [6.07, 6.45) is 1.85. The summed E-state index contributed by atoms with van der Waals surface area (Å²) < 4.78 is 12.6. The van der Waals surface area contributed by atoms with E-state index in [1.807, 2.05) is 24.8 Å². The van der Waals surface area contributed by atoms with Crippen LogP contribution < -0.4 is 0 Å². The second kappa shape index (κ2) is 7.12. The summed E-state index contributed by atoms with van der Waals surface area (Å²) >= 11 is 0. The van der Waals surface area contributed by atoms with E-state index in [0.29, 0.717) is 18.3 Å². The molecule has 1 fully saturated rings. The number of ether oxygens (including phenoxy) is 1. The molecule has 0 aliphatic carbocycles. The Bertz CT molecular complexity index is 708. The fourth-order valence-electron chi connectivity index (χ4n) is 2.95. The van der Waals surface area contributed by atoms with Crippen molar-refractivity contribution in [1.29, 1.82) is 0 Å². The molecular weight excluding hydrogens is 310 g/mol. The number of piperidine rings is 1. The summed E-state index contributed by atoms with van der Waals surface area (Å²) in [5.41, 5.74) is 1.92. The molecule has 130 valence electrons. The molecule has 0 saturated carbocycles. The number of hydrogen-bond donors (Lipinski definition) is 0. The van der Waals surface area contributed by atoms with Gasteiger partial charge in [-0.15, -0.1) is 0 Å². The van der Waals surface area contributed by atoms with Gasteiger partial charge in [0.05, 0.1) is 11.8 Å². The van der Waals surface area contributed by atoms with Crippen molar-refractivity contribution < 1.29 is 14.1 Å².